The van der Waals surface area contributed by atoms with Crippen molar-refractivity contribution in [1.82, 2.24) is 20.1 Å². The number of methoxy groups -OCH3 is 1. The molecule has 0 aromatic heterocycles. The van der Waals surface area contributed by atoms with Crippen LogP contribution in [0.5, 0.6) is 0 Å². The van der Waals surface area contributed by atoms with Gasteiger partial charge in [0.15, 0.2) is 9.84 Å². The number of esters is 1. The number of pyridine rings is 1. The van der Waals surface area contributed by atoms with Gasteiger partial charge >= 0.3 is 5.97 Å². The van der Waals surface area contributed by atoms with Crippen LogP contribution in [0.15, 0.2) is 17.2 Å². The second kappa shape index (κ2) is 6.36. The molecular weight excluding hydrogens is 336 g/mol. The molecule has 0 aromatic carbocycles. The Morgan fingerprint density at radius 1 is 1.50 bits per heavy atom. The van der Waals surface area contributed by atoms with E-state index in [1.807, 2.05) is 0 Å². The minimum atomic E-state index is -2.92. The molecule has 0 aliphatic carbocycles. The SMILES string of the molecule is COC(=O)c1cn(CCNC2CCS(=O)(=O)C2)cc2c(=O)[nH]nc1-2. The number of hydrogen-bond donors (Lipinski definition) is 2. The molecule has 0 bridgehead atoms. The third-order valence-electron chi connectivity index (χ3n) is 4.05. The molecule has 130 valence electrons. The maximum atomic E-state index is 11.9. The zero-order valence-electron chi connectivity index (χ0n) is 13.1. The summed E-state index contributed by atoms with van der Waals surface area (Å²) < 4.78 is 29.3. The van der Waals surface area contributed by atoms with Crippen molar-refractivity contribution in [2.45, 2.75) is 19.0 Å². The van der Waals surface area contributed by atoms with Gasteiger partial charge in [0.05, 0.1) is 24.2 Å². The molecule has 0 spiro atoms. The summed E-state index contributed by atoms with van der Waals surface area (Å²) in [6, 6.07) is -0.0524. The van der Waals surface area contributed by atoms with Crippen LogP contribution in [-0.4, -0.2) is 60.4 Å². The van der Waals surface area contributed by atoms with Crippen molar-refractivity contribution in [2.75, 3.05) is 25.2 Å². The van der Waals surface area contributed by atoms with E-state index in [0.717, 1.165) is 0 Å². The number of carbonyl (C=O) groups is 1. The molecule has 0 amide bonds. The molecule has 9 nitrogen and oxygen atoms in total. The maximum absolute atomic E-state index is 11.9. The quantitative estimate of drug-likeness (QED) is 0.677. The number of ether oxygens (including phenoxy) is 1. The fourth-order valence-corrected chi connectivity index (χ4v) is 4.54. The molecule has 1 atom stereocenters. The van der Waals surface area contributed by atoms with E-state index < -0.39 is 15.8 Å². The summed E-state index contributed by atoms with van der Waals surface area (Å²) >= 11 is 0. The minimum Gasteiger partial charge on any atom is -0.465 e. The summed E-state index contributed by atoms with van der Waals surface area (Å²) in [7, 11) is -1.66. The van der Waals surface area contributed by atoms with Crippen LogP contribution in [0.2, 0.25) is 0 Å². The molecule has 1 unspecified atom stereocenters. The fraction of sp³-hybridized carbons (Fsp3) is 0.500. The van der Waals surface area contributed by atoms with E-state index in [-0.39, 0.29) is 34.4 Å². The van der Waals surface area contributed by atoms with Crippen molar-refractivity contribution >= 4 is 15.8 Å². The molecule has 3 rings (SSSR count). The van der Waals surface area contributed by atoms with Gasteiger partial charge in [-0.1, -0.05) is 0 Å². The Hall–Kier alpha value is -2.20. The smallest absolute Gasteiger partial charge is 0.341 e. The van der Waals surface area contributed by atoms with Gasteiger partial charge in [0.1, 0.15) is 11.3 Å². The zero-order chi connectivity index (χ0) is 17.3. The van der Waals surface area contributed by atoms with Crippen LogP contribution >= 0.6 is 0 Å². The monoisotopic (exact) mass is 354 g/mol. The molecule has 0 aromatic rings. The van der Waals surface area contributed by atoms with E-state index in [0.29, 0.717) is 25.1 Å². The van der Waals surface area contributed by atoms with E-state index in [1.54, 1.807) is 17.0 Å². The molecular formula is C14H18N4O5S. The Bertz CT molecular complexity index is 885. The van der Waals surface area contributed by atoms with E-state index >= 15 is 0 Å². The van der Waals surface area contributed by atoms with E-state index in [4.69, 9.17) is 4.74 Å². The average Bonchev–Trinajstić information content (AvgIpc) is 3.09. The lowest BCUT2D eigenvalue weighted by Gasteiger charge is -2.14. The normalized spacial score (nSPS) is 19.6. The number of fused-ring (bicyclic) bond motifs is 1. The highest BCUT2D eigenvalue weighted by Gasteiger charge is 2.27. The van der Waals surface area contributed by atoms with Crippen molar-refractivity contribution in [3.8, 4) is 11.3 Å². The predicted octanol–water partition coefficient (Wildman–Crippen LogP) is -0.760. The Kier molecular flexibility index (Phi) is 4.41. The summed E-state index contributed by atoms with van der Waals surface area (Å²) in [6.45, 7) is 0.990. The number of sulfone groups is 1. The summed E-state index contributed by atoms with van der Waals surface area (Å²) in [5.74, 6) is -0.211. The topological polar surface area (TPSA) is 123 Å². The minimum absolute atomic E-state index is 0.0524. The molecule has 1 fully saturated rings. The van der Waals surface area contributed by atoms with Gasteiger partial charge in [-0.15, -0.1) is 0 Å². The number of hydrogen-bond acceptors (Lipinski definition) is 7. The fourth-order valence-electron chi connectivity index (χ4n) is 2.83. The highest BCUT2D eigenvalue weighted by Crippen LogP contribution is 2.20. The van der Waals surface area contributed by atoms with Gasteiger partial charge in [0, 0.05) is 31.5 Å². The number of carbonyl (C=O) groups excluding carboxylic acids is 1. The number of H-pyrrole nitrogens is 1. The van der Waals surface area contributed by atoms with Crippen molar-refractivity contribution in [3.63, 3.8) is 0 Å². The molecule has 0 radical (unpaired) electrons. The second-order valence-corrected chi connectivity index (χ2v) is 8.00. The van der Waals surface area contributed by atoms with Gasteiger partial charge < -0.3 is 14.6 Å². The highest BCUT2D eigenvalue weighted by molar-refractivity contribution is 7.91. The average molecular weight is 354 g/mol. The van der Waals surface area contributed by atoms with Crippen molar-refractivity contribution in [2.24, 2.45) is 0 Å². The summed E-state index contributed by atoms with van der Waals surface area (Å²) in [6.07, 6.45) is 3.79. The van der Waals surface area contributed by atoms with Gasteiger partial charge in [-0.3, -0.25) is 4.79 Å². The van der Waals surface area contributed by atoms with Crippen molar-refractivity contribution in [1.29, 1.82) is 0 Å². The Labute approximate surface area is 138 Å². The first-order valence-corrected chi connectivity index (χ1v) is 9.32. The van der Waals surface area contributed by atoms with Gasteiger partial charge in [-0.2, -0.15) is 5.10 Å². The number of aromatic amines is 1. The Morgan fingerprint density at radius 2 is 2.29 bits per heavy atom. The molecule has 1 saturated heterocycles. The van der Waals surface area contributed by atoms with E-state index in [9.17, 15) is 18.0 Å². The lowest BCUT2D eigenvalue weighted by atomic mass is 10.1. The number of aromatic nitrogens is 3. The van der Waals surface area contributed by atoms with Crippen LogP contribution in [0.4, 0.5) is 0 Å². The molecule has 10 heteroatoms. The van der Waals surface area contributed by atoms with Crippen LogP contribution in [-0.2, 0) is 21.1 Å². The van der Waals surface area contributed by atoms with Crippen molar-refractivity contribution in [3.05, 3.63) is 28.3 Å². The van der Waals surface area contributed by atoms with Crippen LogP contribution in [0.1, 0.15) is 16.8 Å². The van der Waals surface area contributed by atoms with E-state index in [2.05, 4.69) is 15.5 Å². The van der Waals surface area contributed by atoms with Gasteiger partial charge in [-0.05, 0) is 6.42 Å². The first-order valence-electron chi connectivity index (χ1n) is 7.50. The number of rotatable bonds is 5. The summed E-state index contributed by atoms with van der Waals surface area (Å²) in [5.41, 5.74) is 0.412. The standard InChI is InChI=1S/C14H18N4O5S/c1-23-14(20)11-7-18(6-10-12(11)16-17-13(10)19)4-3-15-9-2-5-24(21,22)8-9/h6-7,9,15H,2-5,8H2,1H3,(H,17,19). The maximum Gasteiger partial charge on any atom is 0.341 e. The third-order valence-corrected chi connectivity index (χ3v) is 5.82. The van der Waals surface area contributed by atoms with Gasteiger partial charge in [0.25, 0.3) is 5.56 Å². The Morgan fingerprint density at radius 3 is 2.96 bits per heavy atom. The lowest BCUT2D eigenvalue weighted by Crippen LogP contribution is -2.32. The van der Waals surface area contributed by atoms with Crippen LogP contribution in [0, 0.1) is 0 Å². The van der Waals surface area contributed by atoms with E-state index in [1.165, 1.54) is 7.11 Å². The number of nitrogens with zero attached hydrogens (tertiary/aromatic N) is 2. The summed E-state index contributed by atoms with van der Waals surface area (Å²) in [5, 5.41) is 9.36. The Balaban J connectivity index is 1.75. The largest absolute Gasteiger partial charge is 0.465 e. The van der Waals surface area contributed by atoms with Gasteiger partial charge in [0.2, 0.25) is 0 Å². The predicted molar refractivity (Wildman–Crippen MR) is 85.9 cm³/mol. The van der Waals surface area contributed by atoms with Crippen LogP contribution in [0.25, 0.3) is 11.3 Å². The molecule has 0 saturated carbocycles. The molecule has 3 heterocycles. The molecule has 2 N–H and O–H groups in total. The first kappa shape index (κ1) is 16.7. The second-order valence-electron chi connectivity index (χ2n) is 5.77. The van der Waals surface area contributed by atoms with Crippen LogP contribution in [0.3, 0.4) is 0 Å². The third kappa shape index (κ3) is 3.34. The number of nitrogens with one attached hydrogen (secondary N) is 2. The first-order chi connectivity index (χ1) is 11.4. The van der Waals surface area contributed by atoms with Crippen LogP contribution < -0.4 is 10.9 Å². The van der Waals surface area contributed by atoms with Gasteiger partial charge in [-0.25, -0.2) is 18.3 Å². The molecule has 3 aliphatic heterocycles. The molecule has 24 heavy (non-hydrogen) atoms. The molecule has 3 aliphatic rings. The highest BCUT2D eigenvalue weighted by atomic mass is 32.2. The summed E-state index contributed by atoms with van der Waals surface area (Å²) in [4.78, 5) is 23.7. The lowest BCUT2D eigenvalue weighted by molar-refractivity contribution is 0.0600. The van der Waals surface area contributed by atoms with Crippen molar-refractivity contribution < 1.29 is 17.9 Å². The zero-order valence-corrected chi connectivity index (χ0v) is 13.9.